The number of allylic oxidation sites excluding steroid dienone is 1. The molecule has 2 aliphatic rings. The molecule has 1 aliphatic heterocycles. The Labute approximate surface area is 166 Å². The minimum Gasteiger partial charge on any atom is -0.423 e. The molecule has 1 aromatic heterocycles. The maximum absolute atomic E-state index is 12.6. The molecule has 2 heterocycles. The Morgan fingerprint density at radius 1 is 1.14 bits per heavy atom. The van der Waals surface area contributed by atoms with Crippen molar-refractivity contribution in [1.82, 2.24) is 10.3 Å². The number of ketones is 1. The third-order valence-electron chi connectivity index (χ3n) is 5.01. The van der Waals surface area contributed by atoms with E-state index in [1.54, 1.807) is 0 Å². The molecule has 2 N–H and O–H groups in total. The molecule has 0 spiro atoms. The van der Waals surface area contributed by atoms with Crippen LogP contribution in [0.1, 0.15) is 24.4 Å². The molecule has 7 heteroatoms. The first kappa shape index (κ1) is 17.0. The van der Waals surface area contributed by atoms with Crippen molar-refractivity contribution in [3.8, 4) is 0 Å². The summed E-state index contributed by atoms with van der Waals surface area (Å²) in [4.78, 5) is 21.8. The minimum atomic E-state index is -0.329. The fraction of sp³-hybridized carbons (Fsp3) is 0.190. The summed E-state index contributed by atoms with van der Waals surface area (Å²) in [6.07, 6.45) is 3.32. The van der Waals surface area contributed by atoms with Crippen LogP contribution >= 0.6 is 11.6 Å². The molecule has 5 rings (SSSR count). The van der Waals surface area contributed by atoms with Crippen molar-refractivity contribution in [3.05, 3.63) is 70.9 Å². The number of nitrogens with one attached hydrogen (secondary N) is 2. The Balaban J connectivity index is 1.52. The number of para-hydroxylation sites is 2. The van der Waals surface area contributed by atoms with Crippen molar-refractivity contribution in [2.45, 2.75) is 18.9 Å². The van der Waals surface area contributed by atoms with Gasteiger partial charge in [-0.1, -0.05) is 41.9 Å². The second kappa shape index (κ2) is 6.80. The largest absolute Gasteiger partial charge is 0.423 e. The molecule has 1 aliphatic carbocycles. The normalized spacial score (nSPS) is 21.5. The fourth-order valence-electron chi connectivity index (χ4n) is 3.70. The SMILES string of the molecule is O=C1CCC=C2NC(Nc3nc4ccccc4o3)=NC(c3ccc(Cl)cc3)C12. The van der Waals surface area contributed by atoms with Gasteiger partial charge in [0.15, 0.2) is 5.58 Å². The number of hydrogen-bond acceptors (Lipinski definition) is 6. The molecule has 28 heavy (non-hydrogen) atoms. The summed E-state index contributed by atoms with van der Waals surface area (Å²) < 4.78 is 5.74. The van der Waals surface area contributed by atoms with E-state index in [9.17, 15) is 4.79 Å². The van der Waals surface area contributed by atoms with Crippen LogP contribution in [0.4, 0.5) is 6.01 Å². The van der Waals surface area contributed by atoms with Crippen LogP contribution in [0, 0.1) is 5.92 Å². The summed E-state index contributed by atoms with van der Waals surface area (Å²) in [5.74, 6) is 0.377. The maximum Gasteiger partial charge on any atom is 0.302 e. The average Bonchev–Trinajstić information content (AvgIpc) is 3.10. The Hall–Kier alpha value is -3.12. The van der Waals surface area contributed by atoms with Crippen LogP contribution < -0.4 is 10.6 Å². The molecule has 0 radical (unpaired) electrons. The number of oxazole rings is 1. The van der Waals surface area contributed by atoms with Gasteiger partial charge in [0.1, 0.15) is 11.3 Å². The molecule has 0 saturated carbocycles. The number of aliphatic imine (C=N–C) groups is 1. The lowest BCUT2D eigenvalue weighted by atomic mass is 9.81. The Morgan fingerprint density at radius 3 is 2.79 bits per heavy atom. The first-order chi connectivity index (χ1) is 13.7. The molecule has 0 saturated heterocycles. The Bertz CT molecular complexity index is 1080. The molecule has 0 bridgehead atoms. The quantitative estimate of drug-likeness (QED) is 0.673. The van der Waals surface area contributed by atoms with Gasteiger partial charge in [-0.3, -0.25) is 10.1 Å². The van der Waals surface area contributed by atoms with Gasteiger partial charge in [0.05, 0.1) is 12.0 Å². The number of Topliss-reactive ketones (excluding diaryl/α,β-unsaturated/α-hetero) is 1. The van der Waals surface area contributed by atoms with Gasteiger partial charge in [0, 0.05) is 17.1 Å². The number of rotatable bonds is 2. The fourth-order valence-corrected chi connectivity index (χ4v) is 3.83. The van der Waals surface area contributed by atoms with E-state index in [4.69, 9.17) is 21.0 Å². The van der Waals surface area contributed by atoms with Crippen LogP contribution in [0.15, 0.2) is 69.7 Å². The summed E-state index contributed by atoms with van der Waals surface area (Å²) in [6.45, 7) is 0. The highest BCUT2D eigenvalue weighted by molar-refractivity contribution is 6.30. The predicted molar refractivity (Wildman–Crippen MR) is 108 cm³/mol. The zero-order chi connectivity index (χ0) is 19.1. The standard InChI is InChI=1S/C21H17ClN4O2/c22-13-10-8-12(9-11-13)19-18-15(5-3-6-16(18)27)23-20(25-19)26-21-24-14-4-1-2-7-17(14)28-21/h1-2,4-5,7-11,18-19H,3,6H2,(H2,23,24,25,26). The highest BCUT2D eigenvalue weighted by Gasteiger charge is 2.38. The molecule has 2 atom stereocenters. The number of fused-ring (bicyclic) bond motifs is 2. The highest BCUT2D eigenvalue weighted by Crippen LogP contribution is 2.38. The van der Waals surface area contributed by atoms with Crippen LogP contribution in [0.2, 0.25) is 5.02 Å². The van der Waals surface area contributed by atoms with Crippen molar-refractivity contribution < 1.29 is 9.21 Å². The number of carbonyl (C=O) groups is 1. The zero-order valence-electron chi connectivity index (χ0n) is 14.9. The molecule has 2 aromatic carbocycles. The molecule has 140 valence electrons. The lowest BCUT2D eigenvalue weighted by molar-refractivity contribution is -0.122. The van der Waals surface area contributed by atoms with Crippen molar-refractivity contribution in [1.29, 1.82) is 0 Å². The zero-order valence-corrected chi connectivity index (χ0v) is 15.6. The van der Waals surface area contributed by atoms with Crippen molar-refractivity contribution in [2.75, 3.05) is 5.32 Å². The number of anilines is 1. The van der Waals surface area contributed by atoms with E-state index >= 15 is 0 Å². The number of guanidine groups is 1. The Kier molecular flexibility index (Phi) is 4.13. The van der Waals surface area contributed by atoms with Gasteiger partial charge in [-0.05, 0) is 36.2 Å². The van der Waals surface area contributed by atoms with E-state index in [2.05, 4.69) is 21.7 Å². The van der Waals surface area contributed by atoms with Gasteiger partial charge < -0.3 is 9.73 Å². The maximum atomic E-state index is 12.6. The van der Waals surface area contributed by atoms with E-state index in [-0.39, 0.29) is 17.7 Å². The van der Waals surface area contributed by atoms with Gasteiger partial charge in [-0.25, -0.2) is 4.99 Å². The predicted octanol–water partition coefficient (Wildman–Crippen LogP) is 4.46. The topological polar surface area (TPSA) is 79.5 Å². The van der Waals surface area contributed by atoms with E-state index < -0.39 is 0 Å². The van der Waals surface area contributed by atoms with Gasteiger partial charge in [-0.15, -0.1) is 0 Å². The van der Waals surface area contributed by atoms with Crippen LogP contribution in [0.5, 0.6) is 0 Å². The van der Waals surface area contributed by atoms with Crippen LogP contribution in [0.25, 0.3) is 11.1 Å². The first-order valence-electron chi connectivity index (χ1n) is 9.13. The van der Waals surface area contributed by atoms with E-state index in [0.717, 1.165) is 23.2 Å². The highest BCUT2D eigenvalue weighted by atomic mass is 35.5. The van der Waals surface area contributed by atoms with Crippen molar-refractivity contribution in [3.63, 3.8) is 0 Å². The molecular weight excluding hydrogens is 376 g/mol. The smallest absolute Gasteiger partial charge is 0.302 e. The summed E-state index contributed by atoms with van der Waals surface area (Å²) in [6, 6.07) is 15.0. The molecule has 2 unspecified atom stereocenters. The number of halogens is 1. The summed E-state index contributed by atoms with van der Waals surface area (Å²) in [5.41, 5.74) is 3.26. The summed E-state index contributed by atoms with van der Waals surface area (Å²) in [7, 11) is 0. The van der Waals surface area contributed by atoms with Gasteiger partial charge in [-0.2, -0.15) is 4.98 Å². The van der Waals surface area contributed by atoms with Gasteiger partial charge in [0.25, 0.3) is 0 Å². The van der Waals surface area contributed by atoms with Gasteiger partial charge >= 0.3 is 6.01 Å². The Morgan fingerprint density at radius 2 is 1.96 bits per heavy atom. The van der Waals surface area contributed by atoms with Crippen LogP contribution in [0.3, 0.4) is 0 Å². The van der Waals surface area contributed by atoms with Crippen molar-refractivity contribution >= 4 is 40.5 Å². The summed E-state index contributed by atoms with van der Waals surface area (Å²) >= 11 is 6.03. The molecule has 6 nitrogen and oxygen atoms in total. The van der Waals surface area contributed by atoms with E-state index in [1.165, 1.54) is 0 Å². The van der Waals surface area contributed by atoms with Crippen molar-refractivity contribution in [2.24, 2.45) is 10.9 Å². The lowest BCUT2D eigenvalue weighted by Crippen LogP contribution is -2.43. The molecular formula is C21H17ClN4O2. The molecule has 0 fully saturated rings. The molecule has 0 amide bonds. The van der Waals surface area contributed by atoms with Gasteiger partial charge in [0.2, 0.25) is 5.96 Å². The summed E-state index contributed by atoms with van der Waals surface area (Å²) in [5, 5.41) is 7.01. The number of benzene rings is 2. The second-order valence-corrected chi connectivity index (χ2v) is 7.29. The average molecular weight is 393 g/mol. The number of carbonyl (C=O) groups excluding carboxylic acids is 1. The number of hydrogen-bond donors (Lipinski definition) is 2. The van der Waals surface area contributed by atoms with Crippen LogP contribution in [-0.4, -0.2) is 16.7 Å². The third kappa shape index (κ3) is 3.05. The molecule has 3 aromatic rings. The van der Waals surface area contributed by atoms with Crippen LogP contribution in [-0.2, 0) is 4.79 Å². The monoisotopic (exact) mass is 392 g/mol. The first-order valence-corrected chi connectivity index (χ1v) is 9.51. The van der Waals surface area contributed by atoms with E-state index in [1.807, 2.05) is 48.5 Å². The lowest BCUT2D eigenvalue weighted by Gasteiger charge is -2.34. The minimum absolute atomic E-state index is 0.189. The third-order valence-corrected chi connectivity index (χ3v) is 5.27. The second-order valence-electron chi connectivity index (χ2n) is 6.85. The number of aromatic nitrogens is 1. The number of nitrogens with zero attached hydrogens (tertiary/aromatic N) is 2. The van der Waals surface area contributed by atoms with E-state index in [0.29, 0.717) is 29.0 Å².